The molecular weight excluding hydrogens is 236 g/mol. The van der Waals surface area contributed by atoms with Crippen LogP contribution < -0.4 is 0 Å². The number of carboxylic acid groups (broad SMARTS) is 1. The molecule has 2 aliphatic heterocycles. The molecule has 0 aromatic carbocycles. The van der Waals surface area contributed by atoms with Crippen LogP contribution in [-0.4, -0.2) is 65.8 Å². The van der Waals surface area contributed by atoms with E-state index in [2.05, 4.69) is 0 Å². The molecule has 0 radical (unpaired) electrons. The van der Waals surface area contributed by atoms with Crippen molar-refractivity contribution < 1.29 is 19.4 Å². The van der Waals surface area contributed by atoms with Crippen LogP contribution in [0.1, 0.15) is 25.7 Å². The first-order chi connectivity index (χ1) is 8.68. The summed E-state index contributed by atoms with van der Waals surface area (Å²) in [6.07, 6.45) is 2.59. The van der Waals surface area contributed by atoms with E-state index in [-0.39, 0.29) is 18.5 Å². The van der Waals surface area contributed by atoms with Crippen LogP contribution in [0.3, 0.4) is 0 Å². The minimum Gasteiger partial charge on any atom is -0.481 e. The number of carbonyl (C=O) groups excluding carboxylic acids is 1. The highest BCUT2D eigenvalue weighted by Crippen LogP contribution is 2.23. The lowest BCUT2D eigenvalue weighted by molar-refractivity contribution is -0.137. The number of rotatable bonds is 3. The Morgan fingerprint density at radius 3 is 2.61 bits per heavy atom. The molecule has 0 aromatic heterocycles. The monoisotopic (exact) mass is 256 g/mol. The third kappa shape index (κ3) is 3.13. The van der Waals surface area contributed by atoms with Gasteiger partial charge in [0.05, 0.1) is 13.2 Å². The molecule has 2 saturated heterocycles. The van der Waals surface area contributed by atoms with E-state index in [1.807, 2.05) is 9.80 Å². The summed E-state index contributed by atoms with van der Waals surface area (Å²) in [4.78, 5) is 26.6. The molecule has 2 rings (SSSR count). The van der Waals surface area contributed by atoms with Crippen molar-refractivity contribution in [2.24, 2.45) is 0 Å². The van der Waals surface area contributed by atoms with Gasteiger partial charge in [0, 0.05) is 32.1 Å². The maximum absolute atomic E-state index is 12.3. The zero-order chi connectivity index (χ0) is 13.0. The fourth-order valence-electron chi connectivity index (χ4n) is 2.61. The number of hydrogen-bond acceptors (Lipinski definition) is 3. The van der Waals surface area contributed by atoms with Crippen molar-refractivity contribution in [3.05, 3.63) is 0 Å². The van der Waals surface area contributed by atoms with Crippen molar-refractivity contribution in [2.75, 3.05) is 32.8 Å². The number of likely N-dealkylation sites (tertiary alicyclic amines) is 1. The van der Waals surface area contributed by atoms with Gasteiger partial charge in [-0.05, 0) is 19.3 Å². The van der Waals surface area contributed by atoms with Gasteiger partial charge >= 0.3 is 12.0 Å². The van der Waals surface area contributed by atoms with Gasteiger partial charge < -0.3 is 19.6 Å². The van der Waals surface area contributed by atoms with E-state index in [4.69, 9.17) is 9.84 Å². The fourth-order valence-corrected chi connectivity index (χ4v) is 2.61. The van der Waals surface area contributed by atoms with Gasteiger partial charge in [0.25, 0.3) is 0 Å². The first-order valence-electron chi connectivity index (χ1n) is 6.53. The van der Waals surface area contributed by atoms with Crippen molar-refractivity contribution >= 4 is 12.0 Å². The lowest BCUT2D eigenvalue weighted by Crippen LogP contribution is -2.49. The minimum atomic E-state index is -0.791. The number of amides is 2. The quantitative estimate of drug-likeness (QED) is 0.809. The normalized spacial score (nSPS) is 24.3. The standard InChI is InChI=1S/C12H20N2O4/c15-11(16)4-3-10-2-1-5-14(10)12(17)13-6-8-18-9-7-13/h10H,1-9H2,(H,15,16). The Bertz CT molecular complexity index is 315. The van der Waals surface area contributed by atoms with Gasteiger partial charge in [0.15, 0.2) is 0 Å². The third-order valence-electron chi connectivity index (χ3n) is 3.60. The van der Waals surface area contributed by atoms with Crippen LogP contribution in [0.4, 0.5) is 4.79 Å². The van der Waals surface area contributed by atoms with E-state index in [1.165, 1.54) is 0 Å². The van der Waals surface area contributed by atoms with E-state index < -0.39 is 5.97 Å². The number of ether oxygens (including phenoxy) is 1. The van der Waals surface area contributed by atoms with E-state index in [9.17, 15) is 9.59 Å². The predicted octanol–water partition coefficient (Wildman–Crippen LogP) is 0.768. The number of carbonyl (C=O) groups is 2. The van der Waals surface area contributed by atoms with Crippen molar-refractivity contribution in [3.8, 4) is 0 Å². The molecule has 0 aromatic rings. The Kier molecular flexibility index (Phi) is 4.41. The Labute approximate surface area is 106 Å². The van der Waals surface area contributed by atoms with Crippen LogP contribution in [0.5, 0.6) is 0 Å². The lowest BCUT2D eigenvalue weighted by Gasteiger charge is -2.33. The predicted molar refractivity (Wildman–Crippen MR) is 64.4 cm³/mol. The molecule has 1 N–H and O–H groups in total. The summed E-state index contributed by atoms with van der Waals surface area (Å²) >= 11 is 0. The van der Waals surface area contributed by atoms with Gasteiger partial charge in [-0.1, -0.05) is 0 Å². The van der Waals surface area contributed by atoms with Crippen LogP contribution in [0.2, 0.25) is 0 Å². The second-order valence-electron chi connectivity index (χ2n) is 4.80. The van der Waals surface area contributed by atoms with Crippen LogP contribution in [0.15, 0.2) is 0 Å². The summed E-state index contributed by atoms with van der Waals surface area (Å²) in [5.74, 6) is -0.791. The summed E-state index contributed by atoms with van der Waals surface area (Å²) < 4.78 is 5.23. The molecule has 2 amide bonds. The van der Waals surface area contributed by atoms with Gasteiger partial charge in [0.1, 0.15) is 0 Å². The second-order valence-corrected chi connectivity index (χ2v) is 4.80. The zero-order valence-corrected chi connectivity index (χ0v) is 10.5. The Morgan fingerprint density at radius 1 is 1.22 bits per heavy atom. The van der Waals surface area contributed by atoms with E-state index in [0.717, 1.165) is 19.4 Å². The van der Waals surface area contributed by atoms with Gasteiger partial charge in [0.2, 0.25) is 0 Å². The smallest absolute Gasteiger partial charge is 0.320 e. The molecule has 6 heteroatoms. The van der Waals surface area contributed by atoms with E-state index in [1.54, 1.807) is 0 Å². The Hall–Kier alpha value is -1.30. The lowest BCUT2D eigenvalue weighted by atomic mass is 10.1. The van der Waals surface area contributed by atoms with Gasteiger partial charge in [-0.25, -0.2) is 4.79 Å². The van der Waals surface area contributed by atoms with E-state index >= 15 is 0 Å². The number of carboxylic acids is 1. The summed E-state index contributed by atoms with van der Waals surface area (Å²) in [6.45, 7) is 3.22. The van der Waals surface area contributed by atoms with Crippen LogP contribution in [-0.2, 0) is 9.53 Å². The topological polar surface area (TPSA) is 70.1 Å². The molecule has 2 fully saturated rings. The number of morpholine rings is 1. The Balaban J connectivity index is 1.89. The second kappa shape index (κ2) is 6.04. The van der Waals surface area contributed by atoms with Crippen molar-refractivity contribution in [2.45, 2.75) is 31.7 Å². The van der Waals surface area contributed by atoms with Crippen LogP contribution in [0.25, 0.3) is 0 Å². The van der Waals surface area contributed by atoms with Crippen LogP contribution >= 0.6 is 0 Å². The highest BCUT2D eigenvalue weighted by atomic mass is 16.5. The highest BCUT2D eigenvalue weighted by molar-refractivity contribution is 5.75. The van der Waals surface area contributed by atoms with Gasteiger partial charge in [-0.2, -0.15) is 0 Å². The highest BCUT2D eigenvalue weighted by Gasteiger charge is 2.32. The molecule has 0 saturated carbocycles. The molecule has 6 nitrogen and oxygen atoms in total. The molecule has 0 bridgehead atoms. The van der Waals surface area contributed by atoms with Gasteiger partial charge in [-0.15, -0.1) is 0 Å². The summed E-state index contributed by atoms with van der Waals surface area (Å²) in [5, 5.41) is 8.72. The average molecular weight is 256 g/mol. The minimum absolute atomic E-state index is 0.0474. The van der Waals surface area contributed by atoms with E-state index in [0.29, 0.717) is 32.7 Å². The maximum Gasteiger partial charge on any atom is 0.320 e. The molecule has 2 aliphatic rings. The van der Waals surface area contributed by atoms with Crippen molar-refractivity contribution in [1.82, 2.24) is 9.80 Å². The third-order valence-corrected chi connectivity index (χ3v) is 3.60. The summed E-state index contributed by atoms with van der Waals surface area (Å²) in [6, 6.07) is 0.141. The number of aliphatic carboxylic acids is 1. The number of hydrogen-bond donors (Lipinski definition) is 1. The molecule has 1 unspecified atom stereocenters. The molecular formula is C12H20N2O4. The SMILES string of the molecule is O=C(O)CCC1CCCN1C(=O)N1CCOCC1. The molecule has 0 aliphatic carbocycles. The Morgan fingerprint density at radius 2 is 1.94 bits per heavy atom. The molecule has 0 spiro atoms. The van der Waals surface area contributed by atoms with Crippen molar-refractivity contribution in [3.63, 3.8) is 0 Å². The molecule has 18 heavy (non-hydrogen) atoms. The average Bonchev–Trinajstić information content (AvgIpc) is 2.85. The van der Waals surface area contributed by atoms with Gasteiger partial charge in [-0.3, -0.25) is 4.79 Å². The number of nitrogens with zero attached hydrogens (tertiary/aromatic N) is 2. The van der Waals surface area contributed by atoms with Crippen molar-refractivity contribution in [1.29, 1.82) is 0 Å². The molecule has 2 heterocycles. The largest absolute Gasteiger partial charge is 0.481 e. The molecule has 1 atom stereocenters. The van der Waals surface area contributed by atoms with Crippen LogP contribution in [0, 0.1) is 0 Å². The molecule has 102 valence electrons. The zero-order valence-electron chi connectivity index (χ0n) is 10.5. The summed E-state index contributed by atoms with van der Waals surface area (Å²) in [5.41, 5.74) is 0. The number of urea groups is 1. The first-order valence-corrected chi connectivity index (χ1v) is 6.53. The maximum atomic E-state index is 12.3. The fraction of sp³-hybridized carbons (Fsp3) is 0.833. The summed E-state index contributed by atoms with van der Waals surface area (Å²) in [7, 11) is 0. The first kappa shape index (κ1) is 13.1.